The molecule has 128 valence electrons. The Morgan fingerprint density at radius 2 is 1.83 bits per heavy atom. The first-order valence-corrected chi connectivity index (χ1v) is 10.1. The molecule has 2 fully saturated rings. The summed E-state index contributed by atoms with van der Waals surface area (Å²) in [6.07, 6.45) is 11.8. The van der Waals surface area contributed by atoms with Gasteiger partial charge in [-0.15, -0.1) is 11.3 Å². The molecular formula is C18H29N3OS. The highest BCUT2D eigenvalue weighted by atomic mass is 32.1. The van der Waals surface area contributed by atoms with E-state index >= 15 is 0 Å². The molecule has 23 heavy (non-hydrogen) atoms. The summed E-state index contributed by atoms with van der Waals surface area (Å²) < 4.78 is 0. The number of thiazole rings is 1. The van der Waals surface area contributed by atoms with E-state index < -0.39 is 0 Å². The van der Waals surface area contributed by atoms with Crippen LogP contribution in [-0.2, 0) is 17.8 Å². The molecule has 1 saturated heterocycles. The number of piperidine rings is 1. The van der Waals surface area contributed by atoms with Gasteiger partial charge in [-0.25, -0.2) is 4.98 Å². The van der Waals surface area contributed by atoms with E-state index in [4.69, 9.17) is 0 Å². The molecule has 0 atom stereocenters. The molecule has 1 aliphatic carbocycles. The van der Waals surface area contributed by atoms with Gasteiger partial charge in [0.2, 0.25) is 5.91 Å². The summed E-state index contributed by atoms with van der Waals surface area (Å²) in [6.45, 7) is 3.34. The Labute approximate surface area is 143 Å². The number of nitrogens with zero attached hydrogens (tertiary/aromatic N) is 2. The van der Waals surface area contributed by atoms with Crippen molar-refractivity contribution >= 4 is 17.2 Å². The molecule has 0 unspecified atom stereocenters. The van der Waals surface area contributed by atoms with Crippen LogP contribution in [0.1, 0.15) is 68.5 Å². The highest BCUT2D eigenvalue weighted by Gasteiger charge is 2.17. The van der Waals surface area contributed by atoms with Crippen LogP contribution in [0.3, 0.4) is 0 Å². The van der Waals surface area contributed by atoms with Crippen LogP contribution in [0.4, 0.5) is 0 Å². The van der Waals surface area contributed by atoms with E-state index in [2.05, 4.69) is 20.6 Å². The topological polar surface area (TPSA) is 45.2 Å². The molecule has 5 heteroatoms. The fourth-order valence-electron chi connectivity index (χ4n) is 3.68. The summed E-state index contributed by atoms with van der Waals surface area (Å²) in [6, 6.07) is 0.386. The quantitative estimate of drug-likeness (QED) is 0.838. The average molecular weight is 336 g/mol. The van der Waals surface area contributed by atoms with Crippen LogP contribution < -0.4 is 5.32 Å². The molecule has 2 heterocycles. The maximum absolute atomic E-state index is 12.2. The van der Waals surface area contributed by atoms with E-state index in [9.17, 15) is 4.79 Å². The number of carbonyl (C=O) groups is 1. The minimum Gasteiger partial charge on any atom is -0.353 e. The zero-order valence-electron chi connectivity index (χ0n) is 14.1. The Balaban J connectivity index is 1.44. The lowest BCUT2D eigenvalue weighted by atomic mass is 10.1. The third-order valence-corrected chi connectivity index (χ3v) is 5.85. The normalized spacial score (nSPS) is 21.0. The van der Waals surface area contributed by atoms with Crippen molar-refractivity contribution in [3.8, 4) is 0 Å². The second-order valence-electron chi connectivity index (χ2n) is 7.00. The van der Waals surface area contributed by atoms with Crippen molar-refractivity contribution in [1.82, 2.24) is 15.2 Å². The fourth-order valence-corrected chi connectivity index (χ4v) is 4.51. The molecule has 0 bridgehead atoms. The number of likely N-dealkylation sites (tertiary alicyclic amines) is 1. The highest BCUT2D eigenvalue weighted by Crippen LogP contribution is 2.18. The molecule has 1 aromatic heterocycles. The number of carbonyl (C=O) groups excluding carboxylic acids is 1. The van der Waals surface area contributed by atoms with Crippen molar-refractivity contribution < 1.29 is 4.79 Å². The molecule has 0 radical (unpaired) electrons. The predicted molar refractivity (Wildman–Crippen MR) is 94.6 cm³/mol. The van der Waals surface area contributed by atoms with Crippen LogP contribution in [0.5, 0.6) is 0 Å². The molecule has 1 aromatic rings. The number of amides is 1. The van der Waals surface area contributed by atoms with Crippen LogP contribution in [0.15, 0.2) is 5.38 Å². The van der Waals surface area contributed by atoms with Gasteiger partial charge in [-0.3, -0.25) is 9.69 Å². The minimum atomic E-state index is 0.145. The van der Waals surface area contributed by atoms with Crippen molar-refractivity contribution in [2.75, 3.05) is 13.1 Å². The van der Waals surface area contributed by atoms with E-state index in [0.717, 1.165) is 30.1 Å². The van der Waals surface area contributed by atoms with Gasteiger partial charge in [-0.2, -0.15) is 0 Å². The van der Waals surface area contributed by atoms with Crippen LogP contribution in [0, 0.1) is 0 Å². The predicted octanol–water partition coefficient (Wildman–Crippen LogP) is 3.51. The number of nitrogens with one attached hydrogen (secondary N) is 1. The average Bonchev–Trinajstić information content (AvgIpc) is 2.82. The van der Waals surface area contributed by atoms with Crippen LogP contribution in [0.2, 0.25) is 0 Å². The lowest BCUT2D eigenvalue weighted by Crippen LogP contribution is -2.35. The second kappa shape index (κ2) is 8.78. The van der Waals surface area contributed by atoms with Crippen molar-refractivity contribution in [3.63, 3.8) is 0 Å². The molecule has 0 aromatic carbocycles. The van der Waals surface area contributed by atoms with Gasteiger partial charge in [0, 0.05) is 11.4 Å². The monoisotopic (exact) mass is 335 g/mol. The number of aromatic nitrogens is 1. The summed E-state index contributed by atoms with van der Waals surface area (Å²) in [5, 5.41) is 6.43. The molecule has 0 spiro atoms. The third kappa shape index (κ3) is 5.57. The van der Waals surface area contributed by atoms with E-state index in [1.54, 1.807) is 11.3 Å². The van der Waals surface area contributed by atoms with E-state index in [-0.39, 0.29) is 5.91 Å². The van der Waals surface area contributed by atoms with Crippen molar-refractivity contribution in [3.05, 3.63) is 16.1 Å². The summed E-state index contributed by atoms with van der Waals surface area (Å²) in [5.41, 5.74) is 0.938. The molecule has 4 nitrogen and oxygen atoms in total. The highest BCUT2D eigenvalue weighted by molar-refractivity contribution is 7.09. The van der Waals surface area contributed by atoms with Gasteiger partial charge in [0.25, 0.3) is 0 Å². The molecule has 1 aliphatic heterocycles. The largest absolute Gasteiger partial charge is 0.353 e. The summed E-state index contributed by atoms with van der Waals surface area (Å²) >= 11 is 1.70. The van der Waals surface area contributed by atoms with Gasteiger partial charge in [-0.05, 0) is 38.8 Å². The van der Waals surface area contributed by atoms with Gasteiger partial charge in [0.05, 0.1) is 18.7 Å². The van der Waals surface area contributed by atoms with Gasteiger partial charge < -0.3 is 5.32 Å². The number of hydrogen-bond donors (Lipinski definition) is 1. The Hall–Kier alpha value is -0.940. The Kier molecular flexibility index (Phi) is 6.46. The molecule has 3 rings (SSSR count). The molecule has 1 saturated carbocycles. The summed E-state index contributed by atoms with van der Waals surface area (Å²) in [4.78, 5) is 19.4. The Bertz CT molecular complexity index is 488. The number of rotatable bonds is 5. The number of hydrogen-bond acceptors (Lipinski definition) is 4. The van der Waals surface area contributed by atoms with Crippen molar-refractivity contribution in [2.24, 2.45) is 0 Å². The van der Waals surface area contributed by atoms with Crippen molar-refractivity contribution in [1.29, 1.82) is 0 Å². The Morgan fingerprint density at radius 3 is 2.57 bits per heavy atom. The summed E-state index contributed by atoms with van der Waals surface area (Å²) in [7, 11) is 0. The maximum atomic E-state index is 12.2. The van der Waals surface area contributed by atoms with Gasteiger partial charge in [-0.1, -0.05) is 32.1 Å². The lowest BCUT2D eigenvalue weighted by molar-refractivity contribution is -0.121. The smallest absolute Gasteiger partial charge is 0.226 e. The maximum Gasteiger partial charge on any atom is 0.226 e. The first-order chi connectivity index (χ1) is 11.3. The zero-order chi connectivity index (χ0) is 15.9. The lowest BCUT2D eigenvalue weighted by Gasteiger charge is -2.25. The molecule has 1 amide bonds. The van der Waals surface area contributed by atoms with Gasteiger partial charge in [0.1, 0.15) is 5.01 Å². The van der Waals surface area contributed by atoms with E-state index in [0.29, 0.717) is 12.5 Å². The first-order valence-electron chi connectivity index (χ1n) is 9.24. The second-order valence-corrected chi connectivity index (χ2v) is 7.94. The fraction of sp³-hybridized carbons (Fsp3) is 0.778. The Morgan fingerprint density at radius 1 is 1.13 bits per heavy atom. The van der Waals surface area contributed by atoms with Crippen LogP contribution in [0.25, 0.3) is 0 Å². The SMILES string of the molecule is O=C(Cc1csc(CN2CCCCC2)n1)NC1CCCCCC1. The molecule has 2 aliphatic rings. The van der Waals surface area contributed by atoms with Crippen LogP contribution >= 0.6 is 11.3 Å². The van der Waals surface area contributed by atoms with Crippen LogP contribution in [-0.4, -0.2) is 34.9 Å². The van der Waals surface area contributed by atoms with Gasteiger partial charge >= 0.3 is 0 Å². The summed E-state index contributed by atoms with van der Waals surface area (Å²) in [5.74, 6) is 0.145. The minimum absolute atomic E-state index is 0.145. The van der Waals surface area contributed by atoms with Gasteiger partial charge in [0.15, 0.2) is 0 Å². The molecular weight excluding hydrogens is 306 g/mol. The standard InChI is InChI=1S/C18H29N3OS/c22-17(19-15-8-4-1-2-5-9-15)12-16-14-23-18(20-16)13-21-10-6-3-7-11-21/h14-15H,1-13H2,(H,19,22). The third-order valence-electron chi connectivity index (χ3n) is 4.97. The first kappa shape index (κ1) is 16.9. The van der Waals surface area contributed by atoms with Crippen molar-refractivity contribution in [2.45, 2.75) is 76.8 Å². The van der Waals surface area contributed by atoms with E-state index in [1.807, 2.05) is 0 Å². The molecule has 1 N–H and O–H groups in total. The van der Waals surface area contributed by atoms with E-state index in [1.165, 1.54) is 58.0 Å². The zero-order valence-corrected chi connectivity index (χ0v) is 14.9.